The molecular formula is C16H18N2O2S. The first-order chi connectivity index (χ1) is 9.97. The Morgan fingerprint density at radius 2 is 1.71 bits per heavy atom. The maximum Gasteiger partial charge on any atom is 0.181 e. The third-order valence-electron chi connectivity index (χ3n) is 3.74. The highest BCUT2D eigenvalue weighted by Crippen LogP contribution is 2.35. The Labute approximate surface area is 125 Å². The fourth-order valence-electron chi connectivity index (χ4n) is 2.63. The maximum atomic E-state index is 12.2. The van der Waals surface area contributed by atoms with Crippen LogP contribution in [-0.2, 0) is 9.84 Å². The summed E-state index contributed by atoms with van der Waals surface area (Å²) in [4.78, 5) is 2.48. The van der Waals surface area contributed by atoms with Gasteiger partial charge in [0.15, 0.2) is 9.84 Å². The summed E-state index contributed by atoms with van der Waals surface area (Å²) in [7, 11) is 0.809. The van der Waals surface area contributed by atoms with E-state index in [-0.39, 0.29) is 11.8 Å². The number of nitrogens with one attached hydrogen (secondary N) is 1. The first kappa shape index (κ1) is 13.9. The predicted octanol–water partition coefficient (Wildman–Crippen LogP) is 2.69. The van der Waals surface area contributed by atoms with Gasteiger partial charge in [0.25, 0.3) is 0 Å². The van der Waals surface area contributed by atoms with E-state index >= 15 is 0 Å². The van der Waals surface area contributed by atoms with E-state index in [0.29, 0.717) is 4.90 Å². The first-order valence-electron chi connectivity index (χ1n) is 6.83. The van der Waals surface area contributed by atoms with Gasteiger partial charge < -0.3 is 10.2 Å². The van der Waals surface area contributed by atoms with E-state index in [1.807, 2.05) is 55.4 Å². The van der Waals surface area contributed by atoms with Crippen LogP contribution < -0.4 is 10.2 Å². The molecule has 1 aliphatic heterocycles. The van der Waals surface area contributed by atoms with Crippen LogP contribution in [0.25, 0.3) is 0 Å². The lowest BCUT2D eigenvalue weighted by molar-refractivity contribution is 0.598. The molecule has 1 unspecified atom stereocenters. The van der Waals surface area contributed by atoms with Crippen molar-refractivity contribution in [2.24, 2.45) is 0 Å². The molecule has 0 bridgehead atoms. The first-order valence-corrected chi connectivity index (χ1v) is 8.48. The molecule has 4 nitrogen and oxygen atoms in total. The molecule has 2 aromatic carbocycles. The average molecular weight is 302 g/mol. The van der Waals surface area contributed by atoms with Crippen LogP contribution in [0.3, 0.4) is 0 Å². The second-order valence-electron chi connectivity index (χ2n) is 5.46. The summed E-state index contributed by atoms with van der Waals surface area (Å²) in [6.45, 7) is 0. The molecule has 21 heavy (non-hydrogen) atoms. The number of fused-ring (bicyclic) bond motifs is 1. The number of sulfone groups is 1. The van der Waals surface area contributed by atoms with Crippen LogP contribution >= 0.6 is 0 Å². The molecule has 0 saturated heterocycles. The van der Waals surface area contributed by atoms with Gasteiger partial charge in [-0.3, -0.25) is 0 Å². The fraction of sp³-hybridized carbons (Fsp3) is 0.250. The van der Waals surface area contributed by atoms with E-state index in [4.69, 9.17) is 0 Å². The van der Waals surface area contributed by atoms with Gasteiger partial charge in [-0.1, -0.05) is 18.2 Å². The van der Waals surface area contributed by atoms with Crippen molar-refractivity contribution in [1.29, 1.82) is 0 Å². The van der Waals surface area contributed by atoms with E-state index in [9.17, 15) is 8.42 Å². The molecule has 0 radical (unpaired) electrons. The number of rotatable bonds is 3. The van der Waals surface area contributed by atoms with Crippen LogP contribution in [-0.4, -0.2) is 28.3 Å². The zero-order valence-electron chi connectivity index (χ0n) is 12.1. The van der Waals surface area contributed by atoms with Crippen LogP contribution in [0.5, 0.6) is 0 Å². The third-order valence-corrected chi connectivity index (χ3v) is 5.55. The molecule has 110 valence electrons. The van der Waals surface area contributed by atoms with Crippen molar-refractivity contribution in [3.63, 3.8) is 0 Å². The number of benzene rings is 2. The number of anilines is 2. The summed E-state index contributed by atoms with van der Waals surface area (Å²) in [6, 6.07) is 15.0. The SMILES string of the molecule is CN(C)c1ccc(NC2CS(=O)(=O)c3ccccc32)cc1. The smallest absolute Gasteiger partial charge is 0.181 e. The molecule has 0 saturated carbocycles. The second-order valence-corrected chi connectivity index (χ2v) is 7.46. The third kappa shape index (κ3) is 2.61. The monoisotopic (exact) mass is 302 g/mol. The van der Waals surface area contributed by atoms with Crippen molar-refractivity contribution >= 4 is 21.2 Å². The van der Waals surface area contributed by atoms with Crippen molar-refractivity contribution in [1.82, 2.24) is 0 Å². The van der Waals surface area contributed by atoms with Gasteiger partial charge in [0.1, 0.15) is 0 Å². The quantitative estimate of drug-likeness (QED) is 0.947. The summed E-state index contributed by atoms with van der Waals surface area (Å²) in [5.41, 5.74) is 2.90. The summed E-state index contributed by atoms with van der Waals surface area (Å²) in [5, 5.41) is 3.32. The van der Waals surface area contributed by atoms with E-state index in [2.05, 4.69) is 5.32 Å². The number of hydrogen-bond acceptors (Lipinski definition) is 4. The van der Waals surface area contributed by atoms with Crippen LogP contribution in [0.1, 0.15) is 11.6 Å². The Bertz CT molecular complexity index is 752. The minimum Gasteiger partial charge on any atom is -0.378 e. The topological polar surface area (TPSA) is 49.4 Å². The van der Waals surface area contributed by atoms with Gasteiger partial charge in [-0.05, 0) is 35.9 Å². The van der Waals surface area contributed by atoms with Crippen molar-refractivity contribution in [2.45, 2.75) is 10.9 Å². The molecule has 0 aromatic heterocycles. The zero-order chi connectivity index (χ0) is 15.0. The molecule has 0 spiro atoms. The molecular weight excluding hydrogens is 284 g/mol. The zero-order valence-corrected chi connectivity index (χ0v) is 12.9. The van der Waals surface area contributed by atoms with E-state index in [0.717, 1.165) is 16.9 Å². The fourth-order valence-corrected chi connectivity index (χ4v) is 4.36. The minimum atomic E-state index is -3.17. The highest BCUT2D eigenvalue weighted by Gasteiger charge is 2.34. The minimum absolute atomic E-state index is 0.113. The van der Waals surface area contributed by atoms with Crippen LogP contribution in [0.2, 0.25) is 0 Å². The van der Waals surface area contributed by atoms with Crippen LogP contribution in [0.15, 0.2) is 53.4 Å². The number of hydrogen-bond donors (Lipinski definition) is 1. The molecule has 1 atom stereocenters. The highest BCUT2D eigenvalue weighted by atomic mass is 32.2. The van der Waals surface area contributed by atoms with Crippen molar-refractivity contribution in [3.05, 3.63) is 54.1 Å². The molecule has 0 fully saturated rings. The summed E-state index contributed by atoms with van der Waals surface area (Å²) in [5.74, 6) is 0.113. The Balaban J connectivity index is 1.87. The van der Waals surface area contributed by atoms with Gasteiger partial charge >= 0.3 is 0 Å². The average Bonchev–Trinajstić information content (AvgIpc) is 2.71. The number of nitrogens with zero attached hydrogens (tertiary/aromatic N) is 1. The van der Waals surface area contributed by atoms with Crippen LogP contribution in [0, 0.1) is 0 Å². The Morgan fingerprint density at radius 3 is 2.38 bits per heavy atom. The summed E-state index contributed by atoms with van der Waals surface area (Å²) in [6.07, 6.45) is 0. The highest BCUT2D eigenvalue weighted by molar-refractivity contribution is 7.91. The summed E-state index contributed by atoms with van der Waals surface area (Å²) < 4.78 is 24.3. The van der Waals surface area contributed by atoms with Gasteiger partial charge in [0, 0.05) is 25.5 Å². The molecule has 3 rings (SSSR count). The summed E-state index contributed by atoms with van der Waals surface area (Å²) >= 11 is 0. The molecule has 0 amide bonds. The molecule has 1 N–H and O–H groups in total. The van der Waals surface area contributed by atoms with Gasteiger partial charge in [-0.25, -0.2) is 8.42 Å². The van der Waals surface area contributed by atoms with Gasteiger partial charge in [0.05, 0.1) is 16.7 Å². The molecule has 5 heteroatoms. The van der Waals surface area contributed by atoms with Crippen molar-refractivity contribution < 1.29 is 8.42 Å². The standard InChI is InChI=1S/C16H18N2O2S/c1-18(2)13-9-7-12(8-10-13)17-15-11-21(19,20)16-6-4-3-5-14(15)16/h3-10,15,17H,11H2,1-2H3. The molecule has 1 aliphatic rings. The normalized spacial score (nSPS) is 19.0. The van der Waals surface area contributed by atoms with Crippen molar-refractivity contribution in [2.75, 3.05) is 30.1 Å². The van der Waals surface area contributed by atoms with Gasteiger partial charge in [-0.15, -0.1) is 0 Å². The Hall–Kier alpha value is -2.01. The van der Waals surface area contributed by atoms with Crippen LogP contribution in [0.4, 0.5) is 11.4 Å². The van der Waals surface area contributed by atoms with Gasteiger partial charge in [-0.2, -0.15) is 0 Å². The van der Waals surface area contributed by atoms with E-state index < -0.39 is 9.84 Å². The largest absolute Gasteiger partial charge is 0.378 e. The lowest BCUT2D eigenvalue weighted by Crippen LogP contribution is -2.13. The molecule has 1 heterocycles. The maximum absolute atomic E-state index is 12.2. The Morgan fingerprint density at radius 1 is 1.05 bits per heavy atom. The van der Waals surface area contributed by atoms with E-state index in [1.54, 1.807) is 12.1 Å². The molecule has 0 aliphatic carbocycles. The second kappa shape index (κ2) is 5.07. The molecule has 2 aromatic rings. The van der Waals surface area contributed by atoms with E-state index in [1.165, 1.54) is 0 Å². The Kier molecular flexibility index (Phi) is 3.37. The van der Waals surface area contributed by atoms with Gasteiger partial charge in [0.2, 0.25) is 0 Å². The lowest BCUT2D eigenvalue weighted by atomic mass is 10.1. The predicted molar refractivity (Wildman–Crippen MR) is 85.6 cm³/mol. The lowest BCUT2D eigenvalue weighted by Gasteiger charge is -2.16. The van der Waals surface area contributed by atoms with Crippen molar-refractivity contribution in [3.8, 4) is 0 Å².